The molecule has 1 aliphatic heterocycles. The Bertz CT molecular complexity index is 1120. The second-order valence-corrected chi connectivity index (χ2v) is 8.80. The molecule has 0 aromatic heterocycles. The van der Waals surface area contributed by atoms with Crippen molar-refractivity contribution in [3.05, 3.63) is 71.8 Å². The van der Waals surface area contributed by atoms with Gasteiger partial charge in [0.05, 0.1) is 0 Å². The second kappa shape index (κ2) is 8.54. The van der Waals surface area contributed by atoms with E-state index in [0.717, 1.165) is 47.0 Å². The van der Waals surface area contributed by atoms with Crippen molar-refractivity contribution in [1.29, 1.82) is 0 Å². The smallest absolute Gasteiger partial charge is 0.254 e. The molecule has 4 rings (SSSR count). The van der Waals surface area contributed by atoms with E-state index in [-0.39, 0.29) is 23.9 Å². The molecule has 0 radical (unpaired) electrons. The van der Waals surface area contributed by atoms with E-state index in [1.807, 2.05) is 98.2 Å². The zero-order chi connectivity index (χ0) is 22.1. The third-order valence-electron chi connectivity index (χ3n) is 6.09. The number of rotatable bonds is 5. The van der Waals surface area contributed by atoms with Gasteiger partial charge in [0.15, 0.2) is 0 Å². The minimum Gasteiger partial charge on any atom is -0.338 e. The normalized spacial score (nSPS) is 13.5. The first-order chi connectivity index (χ1) is 14.9. The van der Waals surface area contributed by atoms with Crippen LogP contribution in [-0.2, 0) is 0 Å². The highest BCUT2D eigenvalue weighted by Crippen LogP contribution is 2.34. The Hall–Kier alpha value is -3.14. The van der Waals surface area contributed by atoms with Gasteiger partial charge in [-0.1, -0.05) is 48.5 Å². The third-order valence-corrected chi connectivity index (χ3v) is 6.09. The topological polar surface area (TPSA) is 40.6 Å². The van der Waals surface area contributed by atoms with E-state index >= 15 is 0 Å². The van der Waals surface area contributed by atoms with Crippen LogP contribution in [0.3, 0.4) is 0 Å². The number of nitrogens with zero attached hydrogens (tertiary/aromatic N) is 2. The average Bonchev–Trinajstić information content (AvgIpc) is 2.71. The molecule has 1 saturated heterocycles. The summed E-state index contributed by atoms with van der Waals surface area (Å²) in [6, 6.07) is 19.9. The molecule has 1 aliphatic rings. The SMILES string of the molecule is CC(C)N(C(=O)c1ccccc1-c1ccc(C(=O)N2CCC2)c2ccccc12)C(C)C. The van der Waals surface area contributed by atoms with Gasteiger partial charge in [0, 0.05) is 36.3 Å². The lowest BCUT2D eigenvalue weighted by Gasteiger charge is -2.32. The number of hydrogen-bond donors (Lipinski definition) is 0. The summed E-state index contributed by atoms with van der Waals surface area (Å²) in [5.41, 5.74) is 3.30. The molecule has 4 nitrogen and oxygen atoms in total. The fraction of sp³-hybridized carbons (Fsp3) is 0.333. The fourth-order valence-electron chi connectivity index (χ4n) is 4.52. The van der Waals surface area contributed by atoms with Crippen LogP contribution in [0.4, 0.5) is 0 Å². The van der Waals surface area contributed by atoms with Crippen LogP contribution < -0.4 is 0 Å². The molecule has 160 valence electrons. The maximum atomic E-state index is 13.5. The second-order valence-electron chi connectivity index (χ2n) is 8.80. The van der Waals surface area contributed by atoms with Crippen molar-refractivity contribution >= 4 is 22.6 Å². The maximum absolute atomic E-state index is 13.5. The third kappa shape index (κ3) is 3.83. The van der Waals surface area contributed by atoms with E-state index in [9.17, 15) is 9.59 Å². The lowest BCUT2D eigenvalue weighted by atomic mass is 9.91. The van der Waals surface area contributed by atoms with E-state index < -0.39 is 0 Å². The van der Waals surface area contributed by atoms with E-state index in [1.165, 1.54) is 0 Å². The van der Waals surface area contributed by atoms with Crippen molar-refractivity contribution in [2.24, 2.45) is 0 Å². The Labute approximate surface area is 184 Å². The summed E-state index contributed by atoms with van der Waals surface area (Å²) in [5.74, 6) is 0.120. The first-order valence-electron chi connectivity index (χ1n) is 11.1. The van der Waals surface area contributed by atoms with Crippen LogP contribution in [-0.4, -0.2) is 46.8 Å². The maximum Gasteiger partial charge on any atom is 0.254 e. The van der Waals surface area contributed by atoms with E-state index in [4.69, 9.17) is 0 Å². The van der Waals surface area contributed by atoms with Gasteiger partial charge < -0.3 is 9.80 Å². The summed E-state index contributed by atoms with van der Waals surface area (Å²) in [4.78, 5) is 30.3. The van der Waals surface area contributed by atoms with Gasteiger partial charge in [-0.25, -0.2) is 0 Å². The molecule has 4 heteroatoms. The summed E-state index contributed by atoms with van der Waals surface area (Å²) < 4.78 is 0. The molecule has 0 atom stereocenters. The highest BCUT2D eigenvalue weighted by atomic mass is 16.2. The lowest BCUT2D eigenvalue weighted by molar-refractivity contribution is 0.0639. The van der Waals surface area contributed by atoms with Crippen LogP contribution in [0.15, 0.2) is 60.7 Å². The molecule has 0 saturated carbocycles. The van der Waals surface area contributed by atoms with Crippen LogP contribution in [0.2, 0.25) is 0 Å². The molecular weight excluding hydrogens is 384 g/mol. The van der Waals surface area contributed by atoms with Gasteiger partial charge in [0.1, 0.15) is 0 Å². The Morgan fingerprint density at radius 3 is 1.97 bits per heavy atom. The van der Waals surface area contributed by atoms with Crippen LogP contribution >= 0.6 is 0 Å². The van der Waals surface area contributed by atoms with Gasteiger partial charge in [0.25, 0.3) is 11.8 Å². The average molecular weight is 415 g/mol. The standard InChI is InChI=1S/C27H30N2O2/c1-18(2)29(19(3)4)27(31)24-13-8-7-12-22(24)23-14-15-25(26(30)28-16-9-17-28)21-11-6-5-10-20(21)23/h5-8,10-15,18-19H,9,16-17H2,1-4H3. The largest absolute Gasteiger partial charge is 0.338 e. The summed E-state index contributed by atoms with van der Waals surface area (Å²) >= 11 is 0. The van der Waals surface area contributed by atoms with Gasteiger partial charge in [-0.15, -0.1) is 0 Å². The number of fused-ring (bicyclic) bond motifs is 1. The van der Waals surface area contributed by atoms with Crippen molar-refractivity contribution in [3.63, 3.8) is 0 Å². The first-order valence-corrected chi connectivity index (χ1v) is 11.1. The molecule has 3 aromatic carbocycles. The predicted octanol–water partition coefficient (Wildman–Crippen LogP) is 5.61. The van der Waals surface area contributed by atoms with Crippen molar-refractivity contribution in [1.82, 2.24) is 9.80 Å². The summed E-state index contributed by atoms with van der Waals surface area (Å²) in [6.07, 6.45) is 1.07. The molecule has 1 fully saturated rings. The van der Waals surface area contributed by atoms with Crippen LogP contribution in [0.1, 0.15) is 54.8 Å². The molecule has 31 heavy (non-hydrogen) atoms. The quantitative estimate of drug-likeness (QED) is 0.544. The van der Waals surface area contributed by atoms with Crippen molar-refractivity contribution in [2.45, 2.75) is 46.2 Å². The summed E-state index contributed by atoms with van der Waals surface area (Å²) in [6.45, 7) is 9.84. The minimum absolute atomic E-state index is 0.0328. The molecule has 0 bridgehead atoms. The molecule has 0 unspecified atom stereocenters. The van der Waals surface area contributed by atoms with E-state index in [0.29, 0.717) is 5.56 Å². The molecule has 2 amide bonds. The van der Waals surface area contributed by atoms with E-state index in [2.05, 4.69) is 0 Å². The van der Waals surface area contributed by atoms with Gasteiger partial charge in [-0.3, -0.25) is 9.59 Å². The fourth-order valence-corrected chi connectivity index (χ4v) is 4.52. The molecule has 3 aromatic rings. The van der Waals surface area contributed by atoms with Gasteiger partial charge in [0.2, 0.25) is 0 Å². The predicted molar refractivity (Wildman–Crippen MR) is 126 cm³/mol. The van der Waals surface area contributed by atoms with Crippen LogP contribution in [0.25, 0.3) is 21.9 Å². The van der Waals surface area contributed by atoms with Crippen molar-refractivity contribution < 1.29 is 9.59 Å². The first kappa shape index (κ1) is 21.1. The number of amides is 2. The van der Waals surface area contributed by atoms with Gasteiger partial charge in [-0.2, -0.15) is 0 Å². The van der Waals surface area contributed by atoms with Crippen LogP contribution in [0.5, 0.6) is 0 Å². The summed E-state index contributed by atoms with van der Waals surface area (Å²) in [5, 5.41) is 1.93. The van der Waals surface area contributed by atoms with Gasteiger partial charge >= 0.3 is 0 Å². The monoisotopic (exact) mass is 414 g/mol. The molecule has 0 aliphatic carbocycles. The number of hydrogen-bond acceptors (Lipinski definition) is 2. The highest BCUT2D eigenvalue weighted by Gasteiger charge is 2.26. The lowest BCUT2D eigenvalue weighted by Crippen LogP contribution is -2.42. The molecular formula is C27H30N2O2. The minimum atomic E-state index is 0.0328. The van der Waals surface area contributed by atoms with Crippen LogP contribution in [0, 0.1) is 0 Å². The summed E-state index contributed by atoms with van der Waals surface area (Å²) in [7, 11) is 0. The Morgan fingerprint density at radius 1 is 0.742 bits per heavy atom. The van der Waals surface area contributed by atoms with E-state index in [1.54, 1.807) is 0 Å². The molecule has 1 heterocycles. The zero-order valence-electron chi connectivity index (χ0n) is 18.8. The number of carbonyl (C=O) groups excluding carboxylic acids is 2. The Morgan fingerprint density at radius 2 is 1.35 bits per heavy atom. The van der Waals surface area contributed by atoms with Crippen molar-refractivity contribution in [2.75, 3.05) is 13.1 Å². The van der Waals surface area contributed by atoms with Gasteiger partial charge in [-0.05, 0) is 68.1 Å². The number of likely N-dealkylation sites (tertiary alicyclic amines) is 1. The number of carbonyl (C=O) groups is 2. The molecule has 0 N–H and O–H groups in total. The highest BCUT2D eigenvalue weighted by molar-refractivity contribution is 6.13. The Balaban J connectivity index is 1.86. The zero-order valence-corrected chi connectivity index (χ0v) is 18.8. The molecule has 0 spiro atoms. The number of benzene rings is 3. The van der Waals surface area contributed by atoms with Crippen molar-refractivity contribution in [3.8, 4) is 11.1 Å². The Kier molecular flexibility index (Phi) is 5.81.